The van der Waals surface area contributed by atoms with Gasteiger partial charge < -0.3 is 10.1 Å². The summed E-state index contributed by atoms with van der Waals surface area (Å²) in [4.78, 5) is 25.0. The van der Waals surface area contributed by atoms with Gasteiger partial charge in [0.15, 0.2) is 5.78 Å². The minimum atomic E-state index is -0.0762. The largest absolute Gasteiger partial charge is 0.385 e. The SMILES string of the molecule is COCCCNC(=O)CCC(=O)c1ccc(C)s1. The predicted molar refractivity (Wildman–Crippen MR) is 72.1 cm³/mol. The molecule has 0 bridgehead atoms. The van der Waals surface area contributed by atoms with Crippen LogP contribution in [-0.2, 0) is 9.53 Å². The number of rotatable bonds is 8. The van der Waals surface area contributed by atoms with Crippen molar-refractivity contribution >= 4 is 23.0 Å². The van der Waals surface area contributed by atoms with E-state index in [0.29, 0.717) is 13.2 Å². The highest BCUT2D eigenvalue weighted by Crippen LogP contribution is 2.17. The van der Waals surface area contributed by atoms with Crippen LogP contribution in [-0.4, -0.2) is 32.0 Å². The molecule has 0 saturated carbocycles. The van der Waals surface area contributed by atoms with E-state index < -0.39 is 0 Å². The maximum atomic E-state index is 11.7. The van der Waals surface area contributed by atoms with E-state index in [1.54, 1.807) is 7.11 Å². The first-order chi connectivity index (χ1) is 8.63. The Hall–Kier alpha value is -1.20. The molecule has 1 aromatic heterocycles. The Labute approximate surface area is 111 Å². The second-order valence-electron chi connectivity index (χ2n) is 4.03. The number of thiophene rings is 1. The van der Waals surface area contributed by atoms with Crippen LogP contribution in [0.3, 0.4) is 0 Å². The Kier molecular flexibility index (Phi) is 6.60. The molecule has 0 aliphatic carbocycles. The second-order valence-corrected chi connectivity index (χ2v) is 5.32. The number of aryl methyl sites for hydroxylation is 1. The van der Waals surface area contributed by atoms with Crippen LogP contribution in [0.15, 0.2) is 12.1 Å². The number of Topliss-reactive ketones (excluding diaryl/α,β-unsaturated/α-hetero) is 1. The number of ether oxygens (including phenoxy) is 1. The van der Waals surface area contributed by atoms with Crippen LogP contribution in [0.4, 0.5) is 0 Å². The summed E-state index contributed by atoms with van der Waals surface area (Å²) in [6.07, 6.45) is 1.32. The van der Waals surface area contributed by atoms with E-state index in [-0.39, 0.29) is 24.5 Å². The Bertz CT molecular complexity index is 401. The zero-order valence-corrected chi connectivity index (χ0v) is 11.6. The molecule has 4 nitrogen and oxygen atoms in total. The van der Waals surface area contributed by atoms with Gasteiger partial charge in [-0.15, -0.1) is 11.3 Å². The van der Waals surface area contributed by atoms with E-state index in [1.807, 2.05) is 19.1 Å². The number of nitrogens with one attached hydrogen (secondary N) is 1. The zero-order valence-electron chi connectivity index (χ0n) is 10.8. The fraction of sp³-hybridized carbons (Fsp3) is 0.538. The number of carbonyl (C=O) groups excluding carboxylic acids is 2. The summed E-state index contributed by atoms with van der Waals surface area (Å²) < 4.78 is 4.88. The third kappa shape index (κ3) is 5.42. The third-order valence-electron chi connectivity index (χ3n) is 2.44. The quantitative estimate of drug-likeness (QED) is 0.581. The van der Waals surface area contributed by atoms with Gasteiger partial charge in [0.05, 0.1) is 4.88 Å². The van der Waals surface area contributed by atoms with Gasteiger partial charge in [-0.2, -0.15) is 0 Å². The normalized spacial score (nSPS) is 10.3. The first-order valence-corrected chi connectivity index (χ1v) is 6.80. The Morgan fingerprint density at radius 3 is 2.72 bits per heavy atom. The molecule has 100 valence electrons. The molecule has 1 rings (SSSR count). The number of amides is 1. The lowest BCUT2D eigenvalue weighted by Gasteiger charge is -2.03. The smallest absolute Gasteiger partial charge is 0.220 e. The number of hydrogen-bond acceptors (Lipinski definition) is 4. The van der Waals surface area contributed by atoms with Gasteiger partial charge in [0.1, 0.15) is 0 Å². The number of methoxy groups -OCH3 is 1. The molecule has 0 radical (unpaired) electrons. The van der Waals surface area contributed by atoms with Gasteiger partial charge >= 0.3 is 0 Å². The van der Waals surface area contributed by atoms with Crippen LogP contribution in [0.25, 0.3) is 0 Å². The van der Waals surface area contributed by atoms with Crippen LogP contribution in [0, 0.1) is 6.92 Å². The van der Waals surface area contributed by atoms with Gasteiger partial charge in [-0.25, -0.2) is 0 Å². The molecule has 1 heterocycles. The fourth-order valence-corrected chi connectivity index (χ4v) is 2.30. The van der Waals surface area contributed by atoms with E-state index in [0.717, 1.165) is 16.2 Å². The summed E-state index contributed by atoms with van der Waals surface area (Å²) in [5.74, 6) is -0.0344. The van der Waals surface area contributed by atoms with Crippen molar-refractivity contribution < 1.29 is 14.3 Å². The summed E-state index contributed by atoms with van der Waals surface area (Å²) in [6, 6.07) is 3.74. The molecule has 1 aromatic rings. The topological polar surface area (TPSA) is 55.4 Å². The minimum absolute atomic E-state index is 0.0418. The summed E-state index contributed by atoms with van der Waals surface area (Å²) >= 11 is 1.47. The summed E-state index contributed by atoms with van der Waals surface area (Å²) in [6.45, 7) is 3.19. The van der Waals surface area contributed by atoms with Crippen LogP contribution in [0.1, 0.15) is 33.8 Å². The zero-order chi connectivity index (χ0) is 13.4. The number of carbonyl (C=O) groups is 2. The molecule has 0 aliphatic rings. The molecule has 0 aromatic carbocycles. The highest BCUT2D eigenvalue weighted by atomic mass is 32.1. The lowest BCUT2D eigenvalue weighted by atomic mass is 10.2. The first kappa shape index (κ1) is 14.9. The average molecular weight is 269 g/mol. The molecule has 0 spiro atoms. The molecule has 0 aliphatic heterocycles. The summed E-state index contributed by atoms with van der Waals surface area (Å²) in [7, 11) is 1.63. The minimum Gasteiger partial charge on any atom is -0.385 e. The van der Waals surface area contributed by atoms with E-state index in [9.17, 15) is 9.59 Å². The molecular weight excluding hydrogens is 250 g/mol. The van der Waals surface area contributed by atoms with E-state index in [1.165, 1.54) is 11.3 Å². The van der Waals surface area contributed by atoms with Crippen LogP contribution in [0.5, 0.6) is 0 Å². The molecule has 1 N–H and O–H groups in total. The summed E-state index contributed by atoms with van der Waals surface area (Å²) in [5, 5.41) is 2.76. The third-order valence-corrected chi connectivity index (χ3v) is 3.48. The molecule has 0 atom stereocenters. The molecule has 5 heteroatoms. The highest BCUT2D eigenvalue weighted by Gasteiger charge is 2.10. The van der Waals surface area contributed by atoms with Crippen molar-refractivity contribution in [3.8, 4) is 0 Å². The van der Waals surface area contributed by atoms with Crippen molar-refractivity contribution in [2.45, 2.75) is 26.2 Å². The van der Waals surface area contributed by atoms with E-state index >= 15 is 0 Å². The summed E-state index contributed by atoms with van der Waals surface area (Å²) in [5.41, 5.74) is 0. The maximum Gasteiger partial charge on any atom is 0.220 e. The average Bonchev–Trinajstić information content (AvgIpc) is 2.78. The van der Waals surface area contributed by atoms with Crippen molar-refractivity contribution in [1.29, 1.82) is 0 Å². The van der Waals surface area contributed by atoms with Crippen molar-refractivity contribution in [2.24, 2.45) is 0 Å². The van der Waals surface area contributed by atoms with Gasteiger partial charge in [0.2, 0.25) is 5.91 Å². The van der Waals surface area contributed by atoms with Gasteiger partial charge in [-0.3, -0.25) is 9.59 Å². The van der Waals surface area contributed by atoms with Crippen LogP contribution in [0.2, 0.25) is 0 Å². The molecule has 0 unspecified atom stereocenters. The number of ketones is 1. The molecule has 1 amide bonds. The molecule has 0 fully saturated rings. The van der Waals surface area contributed by atoms with Gasteiger partial charge in [0, 0.05) is 38.0 Å². The fourth-order valence-electron chi connectivity index (χ4n) is 1.47. The molecule has 18 heavy (non-hydrogen) atoms. The van der Waals surface area contributed by atoms with E-state index in [4.69, 9.17) is 4.74 Å². The maximum absolute atomic E-state index is 11.7. The van der Waals surface area contributed by atoms with Crippen molar-refractivity contribution in [3.05, 3.63) is 21.9 Å². The second kappa shape index (κ2) is 8.00. The van der Waals surface area contributed by atoms with Crippen molar-refractivity contribution in [1.82, 2.24) is 5.32 Å². The Balaban J connectivity index is 2.20. The van der Waals surface area contributed by atoms with Crippen LogP contribution < -0.4 is 5.32 Å². The Morgan fingerprint density at radius 1 is 1.33 bits per heavy atom. The molecular formula is C13H19NO3S. The van der Waals surface area contributed by atoms with Gasteiger partial charge in [-0.1, -0.05) is 0 Å². The Morgan fingerprint density at radius 2 is 2.11 bits per heavy atom. The number of hydrogen-bond donors (Lipinski definition) is 1. The monoisotopic (exact) mass is 269 g/mol. The molecule has 0 saturated heterocycles. The van der Waals surface area contributed by atoms with E-state index in [2.05, 4.69) is 5.32 Å². The van der Waals surface area contributed by atoms with Crippen molar-refractivity contribution in [3.63, 3.8) is 0 Å². The van der Waals surface area contributed by atoms with Gasteiger partial charge in [-0.05, 0) is 25.5 Å². The first-order valence-electron chi connectivity index (χ1n) is 5.98. The lowest BCUT2D eigenvalue weighted by Crippen LogP contribution is -2.25. The predicted octanol–water partition coefficient (Wildman–Crippen LogP) is 2.17. The lowest BCUT2D eigenvalue weighted by molar-refractivity contribution is -0.121. The van der Waals surface area contributed by atoms with Crippen LogP contribution >= 0.6 is 11.3 Å². The van der Waals surface area contributed by atoms with Gasteiger partial charge in [0.25, 0.3) is 0 Å². The van der Waals surface area contributed by atoms with Crippen molar-refractivity contribution in [2.75, 3.05) is 20.3 Å². The highest BCUT2D eigenvalue weighted by molar-refractivity contribution is 7.14. The standard InChI is InChI=1S/C13H19NO3S/c1-10-4-6-12(18-10)11(15)5-7-13(16)14-8-3-9-17-2/h4,6H,3,5,7-9H2,1-2H3,(H,14,16).